The van der Waals surface area contributed by atoms with Crippen molar-refractivity contribution in [3.8, 4) is 17.0 Å². The van der Waals surface area contributed by atoms with E-state index in [9.17, 15) is 9.59 Å². The minimum atomic E-state index is -0.475. The smallest absolute Gasteiger partial charge is 0.297 e. The van der Waals surface area contributed by atoms with Gasteiger partial charge in [-0.1, -0.05) is 29.4 Å². The zero-order valence-corrected chi connectivity index (χ0v) is 18.5. The molecule has 0 radical (unpaired) electrons. The minimum Gasteiger partial charge on any atom is -0.497 e. The molecule has 0 aliphatic rings. The summed E-state index contributed by atoms with van der Waals surface area (Å²) < 4.78 is 11.8. The number of likely N-dealkylation sites (N-methyl/N-ethyl adjacent to an activating group) is 1. The predicted octanol–water partition coefficient (Wildman–Crippen LogP) is 3.73. The lowest BCUT2D eigenvalue weighted by atomic mass is 10.1. The first-order valence-electron chi connectivity index (χ1n) is 10.3. The molecule has 1 amide bonds. The summed E-state index contributed by atoms with van der Waals surface area (Å²) >= 11 is 0. The van der Waals surface area contributed by atoms with Crippen LogP contribution >= 0.6 is 0 Å². The third-order valence-corrected chi connectivity index (χ3v) is 5.32. The van der Waals surface area contributed by atoms with Crippen LogP contribution in [-0.2, 0) is 11.3 Å². The number of aromatic nitrogens is 3. The Labute approximate surface area is 185 Å². The largest absolute Gasteiger partial charge is 0.497 e. The fourth-order valence-corrected chi connectivity index (χ4v) is 3.73. The molecule has 0 unspecified atom stereocenters. The van der Waals surface area contributed by atoms with Gasteiger partial charge in [-0.25, -0.2) is 4.68 Å². The van der Waals surface area contributed by atoms with Gasteiger partial charge in [0.05, 0.1) is 12.5 Å². The number of benzene rings is 2. The maximum atomic E-state index is 13.2. The van der Waals surface area contributed by atoms with E-state index in [0.29, 0.717) is 29.1 Å². The van der Waals surface area contributed by atoms with E-state index in [2.05, 4.69) is 10.3 Å². The summed E-state index contributed by atoms with van der Waals surface area (Å²) in [5, 5.41) is 9.02. The number of ether oxygens (including phenoxy) is 1. The van der Waals surface area contributed by atoms with Crippen LogP contribution in [0.1, 0.15) is 18.2 Å². The van der Waals surface area contributed by atoms with Crippen molar-refractivity contribution in [1.29, 1.82) is 0 Å². The molecule has 4 rings (SSSR count). The Morgan fingerprint density at radius 2 is 1.94 bits per heavy atom. The average Bonchev–Trinajstić information content (AvgIpc) is 3.18. The van der Waals surface area contributed by atoms with E-state index in [4.69, 9.17) is 9.26 Å². The number of methoxy groups -OCH3 is 1. The lowest BCUT2D eigenvalue weighted by Gasteiger charge is -2.22. The quantitative estimate of drug-likeness (QED) is 0.461. The Hall–Kier alpha value is -3.94. The number of nitrogens with zero attached hydrogens (tertiary/aromatic N) is 4. The molecule has 8 heteroatoms. The van der Waals surface area contributed by atoms with E-state index in [1.807, 2.05) is 62.4 Å². The molecule has 0 atom stereocenters. The monoisotopic (exact) mass is 432 g/mol. The number of aryl methyl sites for hydroxylation is 2. The highest BCUT2D eigenvalue weighted by atomic mass is 16.5. The number of anilines is 1. The number of amides is 1. The lowest BCUT2D eigenvalue weighted by Crippen LogP contribution is -2.37. The summed E-state index contributed by atoms with van der Waals surface area (Å²) in [6, 6.07) is 15.0. The number of fused-ring (bicyclic) bond motifs is 1. The third kappa shape index (κ3) is 3.87. The summed E-state index contributed by atoms with van der Waals surface area (Å²) in [6.07, 6.45) is 0. The van der Waals surface area contributed by atoms with Crippen LogP contribution in [0, 0.1) is 13.8 Å². The number of hydrogen-bond donors (Lipinski definition) is 0. The summed E-state index contributed by atoms with van der Waals surface area (Å²) in [5.74, 6) is 0.886. The summed E-state index contributed by atoms with van der Waals surface area (Å²) in [5.41, 5.74) is 2.72. The summed E-state index contributed by atoms with van der Waals surface area (Å²) in [6.45, 7) is 5.83. The van der Waals surface area contributed by atoms with Crippen LogP contribution < -0.4 is 15.2 Å². The fraction of sp³-hybridized carbons (Fsp3) is 0.250. The van der Waals surface area contributed by atoms with Gasteiger partial charge in [-0.2, -0.15) is 5.10 Å². The normalized spacial score (nSPS) is 11.0. The van der Waals surface area contributed by atoms with Crippen molar-refractivity contribution < 1.29 is 14.1 Å². The first-order valence-corrected chi connectivity index (χ1v) is 10.3. The van der Waals surface area contributed by atoms with Crippen LogP contribution in [0.2, 0.25) is 0 Å². The minimum absolute atomic E-state index is 0.140. The van der Waals surface area contributed by atoms with Crippen LogP contribution in [0.3, 0.4) is 0 Å². The molecule has 0 spiro atoms. The van der Waals surface area contributed by atoms with Gasteiger partial charge in [0.1, 0.15) is 23.7 Å². The summed E-state index contributed by atoms with van der Waals surface area (Å²) in [4.78, 5) is 27.9. The maximum absolute atomic E-state index is 13.2. The Kier molecular flexibility index (Phi) is 5.77. The van der Waals surface area contributed by atoms with E-state index >= 15 is 0 Å². The predicted molar refractivity (Wildman–Crippen MR) is 122 cm³/mol. The van der Waals surface area contributed by atoms with Crippen molar-refractivity contribution >= 4 is 22.5 Å². The molecule has 0 fully saturated rings. The van der Waals surface area contributed by atoms with E-state index in [1.165, 1.54) is 0 Å². The second-order valence-electron chi connectivity index (χ2n) is 7.48. The molecule has 0 saturated carbocycles. The van der Waals surface area contributed by atoms with E-state index in [-0.39, 0.29) is 18.0 Å². The van der Waals surface area contributed by atoms with E-state index in [0.717, 1.165) is 21.5 Å². The highest BCUT2D eigenvalue weighted by Crippen LogP contribution is 2.29. The van der Waals surface area contributed by atoms with Crippen molar-refractivity contribution in [2.24, 2.45) is 0 Å². The lowest BCUT2D eigenvalue weighted by molar-refractivity contribution is -0.119. The molecule has 0 bridgehead atoms. The number of rotatable bonds is 6. The van der Waals surface area contributed by atoms with Crippen molar-refractivity contribution in [3.05, 3.63) is 70.2 Å². The SMILES string of the molecule is CCN(C(=O)Cn1nc(-c2cccc(OC)c2)c2c(C)onc2c1=O)c1cccc(C)c1. The highest BCUT2D eigenvalue weighted by Gasteiger charge is 2.22. The van der Waals surface area contributed by atoms with Gasteiger partial charge in [0, 0.05) is 17.8 Å². The van der Waals surface area contributed by atoms with Gasteiger partial charge in [-0.05, 0) is 50.6 Å². The van der Waals surface area contributed by atoms with Gasteiger partial charge in [0.15, 0.2) is 5.52 Å². The van der Waals surface area contributed by atoms with Gasteiger partial charge in [0.2, 0.25) is 5.91 Å². The maximum Gasteiger partial charge on any atom is 0.297 e. The van der Waals surface area contributed by atoms with E-state index < -0.39 is 5.56 Å². The Bertz CT molecular complexity index is 1360. The van der Waals surface area contributed by atoms with Gasteiger partial charge < -0.3 is 14.2 Å². The first kappa shape index (κ1) is 21.3. The zero-order chi connectivity index (χ0) is 22.8. The molecular weight excluding hydrogens is 408 g/mol. The van der Waals surface area contributed by atoms with Crippen LogP contribution in [0.4, 0.5) is 5.69 Å². The molecule has 0 N–H and O–H groups in total. The van der Waals surface area contributed by atoms with Gasteiger partial charge in [-0.15, -0.1) is 0 Å². The first-order chi connectivity index (χ1) is 15.4. The molecule has 2 heterocycles. The molecule has 0 aliphatic carbocycles. The van der Waals surface area contributed by atoms with Crippen molar-refractivity contribution in [2.45, 2.75) is 27.3 Å². The van der Waals surface area contributed by atoms with Gasteiger partial charge in [-0.3, -0.25) is 9.59 Å². The molecule has 2 aromatic heterocycles. The summed E-state index contributed by atoms with van der Waals surface area (Å²) in [7, 11) is 1.58. The molecule has 32 heavy (non-hydrogen) atoms. The van der Waals surface area contributed by atoms with Crippen molar-refractivity contribution in [2.75, 3.05) is 18.6 Å². The van der Waals surface area contributed by atoms with Crippen LogP contribution in [0.25, 0.3) is 22.2 Å². The molecule has 164 valence electrons. The van der Waals surface area contributed by atoms with Crippen LogP contribution in [-0.4, -0.2) is 34.5 Å². The Morgan fingerprint density at radius 3 is 2.66 bits per heavy atom. The van der Waals surface area contributed by atoms with E-state index in [1.54, 1.807) is 18.9 Å². The molecule has 2 aromatic carbocycles. The Morgan fingerprint density at radius 1 is 1.16 bits per heavy atom. The Balaban J connectivity index is 1.80. The van der Waals surface area contributed by atoms with Gasteiger partial charge in [0.25, 0.3) is 5.56 Å². The molecule has 0 saturated heterocycles. The second-order valence-corrected chi connectivity index (χ2v) is 7.48. The second kappa shape index (κ2) is 8.66. The molecule has 4 aromatic rings. The van der Waals surface area contributed by atoms with Crippen molar-refractivity contribution in [3.63, 3.8) is 0 Å². The standard InChI is InChI=1S/C24H24N4O4/c1-5-27(18-10-6-8-15(2)12-18)20(29)14-28-24(30)23-21(16(3)32-26-23)22(25-28)17-9-7-11-19(13-17)31-4/h6-13H,5,14H2,1-4H3. The molecule has 0 aliphatic heterocycles. The number of hydrogen-bond acceptors (Lipinski definition) is 6. The molecular formula is C24H24N4O4. The number of carbonyl (C=O) groups is 1. The molecule has 8 nitrogen and oxygen atoms in total. The number of carbonyl (C=O) groups excluding carboxylic acids is 1. The zero-order valence-electron chi connectivity index (χ0n) is 18.5. The van der Waals surface area contributed by atoms with Crippen LogP contribution in [0.5, 0.6) is 5.75 Å². The third-order valence-electron chi connectivity index (χ3n) is 5.32. The fourth-order valence-electron chi connectivity index (χ4n) is 3.73. The average molecular weight is 432 g/mol. The van der Waals surface area contributed by atoms with Crippen LogP contribution in [0.15, 0.2) is 57.8 Å². The topological polar surface area (TPSA) is 90.5 Å². The van der Waals surface area contributed by atoms with Crippen molar-refractivity contribution in [1.82, 2.24) is 14.9 Å². The highest BCUT2D eigenvalue weighted by molar-refractivity contribution is 5.95. The van der Waals surface area contributed by atoms with Gasteiger partial charge >= 0.3 is 0 Å².